The molecule has 15 heavy (non-hydrogen) atoms. The predicted octanol–water partition coefficient (Wildman–Crippen LogP) is 1.69. The van der Waals surface area contributed by atoms with Gasteiger partial charge in [-0.1, -0.05) is 24.3 Å². The van der Waals surface area contributed by atoms with E-state index < -0.39 is 5.60 Å². The Kier molecular flexibility index (Phi) is 2.32. The first-order chi connectivity index (χ1) is 7.11. The van der Waals surface area contributed by atoms with Crippen molar-refractivity contribution in [3.63, 3.8) is 0 Å². The molecule has 0 radical (unpaired) electrons. The first-order valence-electron chi connectivity index (χ1n) is 4.89. The maximum Gasteiger partial charge on any atom is 0.263 e. The van der Waals surface area contributed by atoms with Crippen molar-refractivity contribution < 1.29 is 9.90 Å². The van der Waals surface area contributed by atoms with Gasteiger partial charge in [-0.15, -0.1) is 0 Å². The Hall–Kier alpha value is -1.61. The molecule has 1 aliphatic rings. The summed E-state index contributed by atoms with van der Waals surface area (Å²) < 4.78 is 0. The molecular formula is C12H13NO2. The molecule has 1 aromatic carbocycles. The van der Waals surface area contributed by atoms with Crippen molar-refractivity contribution in [2.24, 2.45) is 0 Å². The molecule has 0 aliphatic carbocycles. The van der Waals surface area contributed by atoms with Crippen LogP contribution < -0.4 is 4.90 Å². The number of benzene rings is 1. The Labute approximate surface area is 88.6 Å². The Morgan fingerprint density at radius 3 is 2.67 bits per heavy atom. The van der Waals surface area contributed by atoms with Gasteiger partial charge in [0.15, 0.2) is 0 Å². The minimum absolute atomic E-state index is 0.281. The highest BCUT2D eigenvalue weighted by Gasteiger charge is 2.35. The first-order valence-corrected chi connectivity index (χ1v) is 4.89. The fourth-order valence-electron chi connectivity index (χ4n) is 1.59. The van der Waals surface area contributed by atoms with E-state index in [2.05, 4.69) is 0 Å². The van der Waals surface area contributed by atoms with Gasteiger partial charge in [-0.3, -0.25) is 9.69 Å². The van der Waals surface area contributed by atoms with Crippen molar-refractivity contribution >= 4 is 11.6 Å². The van der Waals surface area contributed by atoms with Crippen LogP contribution in [0.15, 0.2) is 42.6 Å². The van der Waals surface area contributed by atoms with Gasteiger partial charge < -0.3 is 5.11 Å². The number of hydrogen-bond donors (Lipinski definition) is 1. The SMILES string of the molecule is C[C@@]1(O)CC=CN(c2ccccc2)C1=O. The van der Waals surface area contributed by atoms with E-state index in [9.17, 15) is 9.90 Å². The monoisotopic (exact) mass is 203 g/mol. The molecular weight excluding hydrogens is 190 g/mol. The highest BCUT2D eigenvalue weighted by atomic mass is 16.3. The van der Waals surface area contributed by atoms with Gasteiger partial charge in [-0.25, -0.2) is 0 Å². The largest absolute Gasteiger partial charge is 0.380 e. The molecule has 1 amide bonds. The van der Waals surface area contributed by atoms with Gasteiger partial charge in [0.1, 0.15) is 5.60 Å². The number of rotatable bonds is 1. The molecule has 78 valence electrons. The number of amides is 1. The second-order valence-electron chi connectivity index (χ2n) is 3.87. The Morgan fingerprint density at radius 1 is 1.33 bits per heavy atom. The summed E-state index contributed by atoms with van der Waals surface area (Å²) in [5, 5.41) is 9.83. The highest BCUT2D eigenvalue weighted by molar-refractivity contribution is 6.01. The van der Waals surface area contributed by atoms with E-state index in [1.165, 1.54) is 11.8 Å². The molecule has 1 N–H and O–H groups in total. The summed E-state index contributed by atoms with van der Waals surface area (Å²) in [6.07, 6.45) is 3.87. The topological polar surface area (TPSA) is 40.5 Å². The first kappa shape index (κ1) is 9.93. The minimum atomic E-state index is -1.29. The van der Waals surface area contributed by atoms with Crippen LogP contribution in [-0.4, -0.2) is 16.6 Å². The number of para-hydroxylation sites is 1. The summed E-state index contributed by atoms with van der Waals surface area (Å²) >= 11 is 0. The van der Waals surface area contributed by atoms with Crippen LogP contribution in [-0.2, 0) is 4.79 Å². The smallest absolute Gasteiger partial charge is 0.263 e. The summed E-state index contributed by atoms with van der Waals surface area (Å²) in [5.41, 5.74) is -0.511. The second-order valence-corrected chi connectivity index (χ2v) is 3.87. The predicted molar refractivity (Wildman–Crippen MR) is 58.3 cm³/mol. The van der Waals surface area contributed by atoms with Crippen molar-refractivity contribution in [3.8, 4) is 0 Å². The quantitative estimate of drug-likeness (QED) is 0.754. The molecule has 0 bridgehead atoms. The molecule has 3 nitrogen and oxygen atoms in total. The third-order valence-electron chi connectivity index (χ3n) is 2.48. The average molecular weight is 203 g/mol. The molecule has 0 spiro atoms. The van der Waals surface area contributed by atoms with Crippen molar-refractivity contribution in [2.75, 3.05) is 4.90 Å². The maximum atomic E-state index is 11.9. The van der Waals surface area contributed by atoms with Gasteiger partial charge in [0.05, 0.1) is 0 Å². The van der Waals surface area contributed by atoms with E-state index in [4.69, 9.17) is 0 Å². The van der Waals surface area contributed by atoms with Crippen molar-refractivity contribution in [3.05, 3.63) is 42.6 Å². The lowest BCUT2D eigenvalue weighted by Gasteiger charge is -2.31. The van der Waals surface area contributed by atoms with E-state index in [1.54, 1.807) is 12.3 Å². The fraction of sp³-hybridized carbons (Fsp3) is 0.250. The van der Waals surface area contributed by atoms with Crippen LogP contribution in [0.25, 0.3) is 0 Å². The minimum Gasteiger partial charge on any atom is -0.380 e. The number of hydrogen-bond acceptors (Lipinski definition) is 2. The van der Waals surface area contributed by atoms with Crippen LogP contribution in [0.1, 0.15) is 13.3 Å². The molecule has 0 fully saturated rings. The van der Waals surface area contributed by atoms with Crippen LogP contribution in [0.3, 0.4) is 0 Å². The maximum absolute atomic E-state index is 11.9. The second kappa shape index (κ2) is 3.51. The Balaban J connectivity index is 2.35. The number of anilines is 1. The molecule has 3 heteroatoms. The number of carbonyl (C=O) groups excluding carboxylic acids is 1. The van der Waals surface area contributed by atoms with Crippen molar-refractivity contribution in [1.29, 1.82) is 0 Å². The van der Waals surface area contributed by atoms with E-state index >= 15 is 0 Å². The van der Waals surface area contributed by atoms with Gasteiger partial charge in [0.2, 0.25) is 0 Å². The molecule has 0 aromatic heterocycles. The molecule has 0 saturated heterocycles. The molecule has 0 saturated carbocycles. The summed E-state index contributed by atoms with van der Waals surface area (Å²) in [6, 6.07) is 9.28. The lowest BCUT2D eigenvalue weighted by atomic mass is 9.97. The number of carbonyl (C=O) groups is 1. The summed E-state index contributed by atoms with van der Waals surface area (Å²) in [4.78, 5) is 13.3. The van der Waals surface area contributed by atoms with Crippen LogP contribution in [0.4, 0.5) is 5.69 Å². The van der Waals surface area contributed by atoms with Crippen LogP contribution >= 0.6 is 0 Å². The van der Waals surface area contributed by atoms with Gasteiger partial charge >= 0.3 is 0 Å². The Bertz CT molecular complexity index is 395. The number of aliphatic hydroxyl groups is 1. The van der Waals surface area contributed by atoms with Gasteiger partial charge in [0.25, 0.3) is 5.91 Å². The fourth-order valence-corrected chi connectivity index (χ4v) is 1.59. The number of nitrogens with zero attached hydrogens (tertiary/aromatic N) is 1. The lowest BCUT2D eigenvalue weighted by Crippen LogP contribution is -2.47. The Morgan fingerprint density at radius 2 is 2.00 bits per heavy atom. The molecule has 2 rings (SSSR count). The standard InChI is InChI=1S/C12H13NO2/c1-12(15)8-5-9-13(11(12)14)10-6-3-2-4-7-10/h2-7,9,15H,8H2,1H3/t12-/m1/s1. The third-order valence-corrected chi connectivity index (χ3v) is 2.48. The van der Waals surface area contributed by atoms with Crippen molar-refractivity contribution in [2.45, 2.75) is 18.9 Å². The van der Waals surface area contributed by atoms with E-state index in [-0.39, 0.29) is 5.91 Å². The zero-order valence-electron chi connectivity index (χ0n) is 8.55. The van der Waals surface area contributed by atoms with Gasteiger partial charge in [-0.2, -0.15) is 0 Å². The summed E-state index contributed by atoms with van der Waals surface area (Å²) in [7, 11) is 0. The van der Waals surface area contributed by atoms with E-state index in [1.807, 2.05) is 30.3 Å². The molecule has 0 unspecified atom stereocenters. The zero-order chi connectivity index (χ0) is 10.9. The average Bonchev–Trinajstić information content (AvgIpc) is 2.23. The lowest BCUT2D eigenvalue weighted by molar-refractivity contribution is -0.134. The summed E-state index contributed by atoms with van der Waals surface area (Å²) in [6.45, 7) is 1.54. The molecule has 1 heterocycles. The van der Waals surface area contributed by atoms with Crippen LogP contribution in [0, 0.1) is 0 Å². The summed E-state index contributed by atoms with van der Waals surface area (Å²) in [5.74, 6) is -0.281. The van der Waals surface area contributed by atoms with E-state index in [0.717, 1.165) is 5.69 Å². The molecule has 1 aliphatic heterocycles. The third kappa shape index (κ3) is 1.78. The molecule has 1 atom stereocenters. The van der Waals surface area contributed by atoms with E-state index in [0.29, 0.717) is 6.42 Å². The molecule has 1 aromatic rings. The van der Waals surface area contributed by atoms with Crippen LogP contribution in [0.5, 0.6) is 0 Å². The van der Waals surface area contributed by atoms with Gasteiger partial charge in [0, 0.05) is 18.3 Å². The van der Waals surface area contributed by atoms with Gasteiger partial charge in [-0.05, 0) is 19.1 Å². The normalized spacial score (nSPS) is 25.7. The van der Waals surface area contributed by atoms with Crippen LogP contribution in [0.2, 0.25) is 0 Å². The zero-order valence-corrected chi connectivity index (χ0v) is 8.55. The highest BCUT2D eigenvalue weighted by Crippen LogP contribution is 2.25. The van der Waals surface area contributed by atoms with Crippen molar-refractivity contribution in [1.82, 2.24) is 0 Å².